The molecule has 1 fully saturated rings. The van der Waals surface area contributed by atoms with E-state index in [0.717, 1.165) is 12.5 Å². The Hall–Kier alpha value is -0.940. The third kappa shape index (κ3) is 2.59. The highest BCUT2D eigenvalue weighted by molar-refractivity contribution is 7.91. The standard InChI is InChI=1S/C11H13FO3S/c12-10-2-1-3-11(6-10)16(13,14)8-9-4-5-15-7-9/h1-3,6,9H,4-5,7-8H2. The fourth-order valence-corrected chi connectivity index (χ4v) is 3.44. The van der Waals surface area contributed by atoms with E-state index in [2.05, 4.69) is 0 Å². The highest BCUT2D eigenvalue weighted by Gasteiger charge is 2.24. The number of rotatable bonds is 3. The van der Waals surface area contributed by atoms with Crippen molar-refractivity contribution in [3.05, 3.63) is 30.1 Å². The van der Waals surface area contributed by atoms with Gasteiger partial charge in [-0.05, 0) is 30.5 Å². The summed E-state index contributed by atoms with van der Waals surface area (Å²) in [5.74, 6) is -0.451. The van der Waals surface area contributed by atoms with E-state index in [1.807, 2.05) is 0 Å². The lowest BCUT2D eigenvalue weighted by atomic mass is 10.2. The van der Waals surface area contributed by atoms with Crippen molar-refractivity contribution in [2.24, 2.45) is 5.92 Å². The molecule has 0 aliphatic carbocycles. The van der Waals surface area contributed by atoms with E-state index in [1.54, 1.807) is 0 Å². The zero-order chi connectivity index (χ0) is 11.6. The molecule has 0 radical (unpaired) electrons. The minimum Gasteiger partial charge on any atom is -0.381 e. The summed E-state index contributed by atoms with van der Waals surface area (Å²) in [7, 11) is -3.39. The van der Waals surface area contributed by atoms with Crippen molar-refractivity contribution in [1.82, 2.24) is 0 Å². The van der Waals surface area contributed by atoms with Gasteiger partial charge in [0.25, 0.3) is 0 Å². The van der Waals surface area contributed by atoms with Crippen LogP contribution in [0.2, 0.25) is 0 Å². The third-order valence-electron chi connectivity index (χ3n) is 2.63. The first kappa shape index (κ1) is 11.5. The van der Waals surface area contributed by atoms with E-state index in [1.165, 1.54) is 18.2 Å². The van der Waals surface area contributed by atoms with Crippen molar-refractivity contribution in [1.29, 1.82) is 0 Å². The lowest BCUT2D eigenvalue weighted by molar-refractivity contribution is 0.188. The van der Waals surface area contributed by atoms with Crippen LogP contribution in [0, 0.1) is 11.7 Å². The molecule has 2 rings (SSSR count). The Morgan fingerprint density at radius 3 is 2.88 bits per heavy atom. The van der Waals surface area contributed by atoms with Gasteiger partial charge in [-0.15, -0.1) is 0 Å². The SMILES string of the molecule is O=S(=O)(CC1CCOC1)c1cccc(F)c1. The zero-order valence-electron chi connectivity index (χ0n) is 8.73. The first-order valence-electron chi connectivity index (χ1n) is 5.14. The van der Waals surface area contributed by atoms with E-state index >= 15 is 0 Å². The molecular weight excluding hydrogens is 231 g/mol. The molecule has 3 nitrogen and oxygen atoms in total. The summed E-state index contributed by atoms with van der Waals surface area (Å²) < 4.78 is 41.9. The summed E-state index contributed by atoms with van der Waals surface area (Å²) in [4.78, 5) is 0.0550. The van der Waals surface area contributed by atoms with Crippen molar-refractivity contribution in [3.8, 4) is 0 Å². The van der Waals surface area contributed by atoms with Crippen LogP contribution >= 0.6 is 0 Å². The Balaban J connectivity index is 2.18. The normalized spacial score (nSPS) is 21.2. The summed E-state index contributed by atoms with van der Waals surface area (Å²) in [6, 6.07) is 5.13. The Labute approximate surface area is 94.2 Å². The molecule has 1 heterocycles. The molecule has 1 aromatic carbocycles. The Bertz CT molecular complexity index is 464. The highest BCUT2D eigenvalue weighted by Crippen LogP contribution is 2.20. The second-order valence-corrected chi connectivity index (χ2v) is 6.00. The van der Waals surface area contributed by atoms with Crippen molar-refractivity contribution >= 4 is 9.84 Å². The van der Waals surface area contributed by atoms with Crippen molar-refractivity contribution in [3.63, 3.8) is 0 Å². The van der Waals surface area contributed by atoms with Crippen LogP contribution in [0.1, 0.15) is 6.42 Å². The van der Waals surface area contributed by atoms with E-state index in [4.69, 9.17) is 4.74 Å². The molecule has 1 unspecified atom stereocenters. The van der Waals surface area contributed by atoms with Crippen LogP contribution in [-0.4, -0.2) is 27.4 Å². The average Bonchev–Trinajstić information content (AvgIpc) is 2.70. The van der Waals surface area contributed by atoms with Crippen LogP contribution < -0.4 is 0 Å². The first-order chi connectivity index (χ1) is 7.58. The van der Waals surface area contributed by atoms with Crippen LogP contribution in [0.3, 0.4) is 0 Å². The fraction of sp³-hybridized carbons (Fsp3) is 0.455. The summed E-state index contributed by atoms with van der Waals surface area (Å²) in [6.07, 6.45) is 0.758. The Kier molecular flexibility index (Phi) is 3.25. The maximum absolute atomic E-state index is 12.9. The maximum atomic E-state index is 12.9. The molecule has 1 saturated heterocycles. The monoisotopic (exact) mass is 244 g/mol. The number of sulfone groups is 1. The average molecular weight is 244 g/mol. The number of hydrogen-bond acceptors (Lipinski definition) is 3. The second kappa shape index (κ2) is 4.51. The molecule has 1 aliphatic heterocycles. The van der Waals surface area contributed by atoms with Gasteiger partial charge in [0, 0.05) is 6.61 Å². The lowest BCUT2D eigenvalue weighted by Gasteiger charge is -2.08. The van der Waals surface area contributed by atoms with Gasteiger partial charge in [0.15, 0.2) is 9.84 Å². The molecule has 0 aromatic heterocycles. The van der Waals surface area contributed by atoms with Crippen LogP contribution in [0.4, 0.5) is 4.39 Å². The summed E-state index contributed by atoms with van der Waals surface area (Å²) in [5, 5.41) is 0. The number of benzene rings is 1. The highest BCUT2D eigenvalue weighted by atomic mass is 32.2. The zero-order valence-corrected chi connectivity index (χ0v) is 9.54. The van der Waals surface area contributed by atoms with E-state index in [-0.39, 0.29) is 16.6 Å². The molecule has 0 spiro atoms. The van der Waals surface area contributed by atoms with E-state index in [0.29, 0.717) is 13.2 Å². The molecule has 0 saturated carbocycles. The second-order valence-electron chi connectivity index (χ2n) is 3.97. The predicted molar refractivity (Wildman–Crippen MR) is 57.4 cm³/mol. The molecule has 5 heteroatoms. The lowest BCUT2D eigenvalue weighted by Crippen LogP contribution is -2.16. The van der Waals surface area contributed by atoms with Crippen LogP contribution in [0.15, 0.2) is 29.2 Å². The molecule has 1 aliphatic rings. The van der Waals surface area contributed by atoms with Gasteiger partial charge < -0.3 is 4.74 Å². The molecule has 1 atom stereocenters. The number of halogens is 1. The van der Waals surface area contributed by atoms with Crippen molar-refractivity contribution in [2.45, 2.75) is 11.3 Å². The minimum absolute atomic E-state index is 0.0354. The van der Waals surface area contributed by atoms with Gasteiger partial charge in [0.05, 0.1) is 17.3 Å². The molecule has 88 valence electrons. The summed E-state index contributed by atoms with van der Waals surface area (Å²) >= 11 is 0. The van der Waals surface area contributed by atoms with E-state index < -0.39 is 15.7 Å². The minimum atomic E-state index is -3.39. The van der Waals surface area contributed by atoms with Crippen LogP contribution in [0.5, 0.6) is 0 Å². The van der Waals surface area contributed by atoms with Gasteiger partial charge in [-0.2, -0.15) is 0 Å². The van der Waals surface area contributed by atoms with E-state index in [9.17, 15) is 12.8 Å². The molecule has 1 aromatic rings. The smallest absolute Gasteiger partial charge is 0.178 e. The van der Waals surface area contributed by atoms with Gasteiger partial charge in [-0.25, -0.2) is 12.8 Å². The predicted octanol–water partition coefficient (Wildman–Crippen LogP) is 1.64. The maximum Gasteiger partial charge on any atom is 0.178 e. The van der Waals surface area contributed by atoms with Gasteiger partial charge in [0.2, 0.25) is 0 Å². The summed E-state index contributed by atoms with van der Waals surface area (Å²) in [5.41, 5.74) is 0. The van der Waals surface area contributed by atoms with Gasteiger partial charge in [-0.3, -0.25) is 0 Å². The van der Waals surface area contributed by atoms with Crippen LogP contribution in [0.25, 0.3) is 0 Å². The third-order valence-corrected chi connectivity index (χ3v) is 4.52. The molecule has 0 amide bonds. The molecule has 16 heavy (non-hydrogen) atoms. The fourth-order valence-electron chi connectivity index (χ4n) is 1.78. The largest absolute Gasteiger partial charge is 0.381 e. The molecule has 0 bridgehead atoms. The van der Waals surface area contributed by atoms with Crippen LogP contribution in [-0.2, 0) is 14.6 Å². The number of ether oxygens (including phenoxy) is 1. The first-order valence-corrected chi connectivity index (χ1v) is 6.79. The van der Waals surface area contributed by atoms with Gasteiger partial charge >= 0.3 is 0 Å². The van der Waals surface area contributed by atoms with Crippen molar-refractivity contribution in [2.75, 3.05) is 19.0 Å². The molecule has 0 N–H and O–H groups in total. The quantitative estimate of drug-likeness (QED) is 0.811. The number of hydrogen-bond donors (Lipinski definition) is 0. The Morgan fingerprint density at radius 1 is 1.44 bits per heavy atom. The summed E-state index contributed by atoms with van der Waals surface area (Å²) in [6.45, 7) is 1.10. The van der Waals surface area contributed by atoms with Gasteiger partial charge in [0.1, 0.15) is 5.82 Å². The Morgan fingerprint density at radius 2 is 2.25 bits per heavy atom. The van der Waals surface area contributed by atoms with Crippen molar-refractivity contribution < 1.29 is 17.5 Å². The molecular formula is C11H13FO3S. The van der Waals surface area contributed by atoms with Gasteiger partial charge in [-0.1, -0.05) is 6.07 Å². The topological polar surface area (TPSA) is 43.4 Å².